The Bertz CT molecular complexity index is 483. The molecule has 0 radical (unpaired) electrons. The summed E-state index contributed by atoms with van der Waals surface area (Å²) in [6.45, 7) is 4.48. The number of aryl methyl sites for hydroxylation is 2. The molecule has 0 saturated carbocycles. The molecule has 0 saturated heterocycles. The maximum absolute atomic E-state index is 2.40. The van der Waals surface area contributed by atoms with E-state index in [0.29, 0.717) is 0 Å². The van der Waals surface area contributed by atoms with Crippen molar-refractivity contribution in [1.29, 1.82) is 0 Å². The minimum absolute atomic E-state index is 1.11. The van der Waals surface area contributed by atoms with E-state index in [1.165, 1.54) is 22.9 Å². The van der Waals surface area contributed by atoms with Crippen molar-refractivity contribution in [3.05, 3.63) is 36.0 Å². The van der Waals surface area contributed by atoms with Crippen LogP contribution >= 0.6 is 0 Å². The van der Waals surface area contributed by atoms with Crippen molar-refractivity contribution in [2.24, 2.45) is 0 Å². The van der Waals surface area contributed by atoms with E-state index in [4.69, 9.17) is 0 Å². The van der Waals surface area contributed by atoms with Crippen LogP contribution in [0.4, 0.5) is 0 Å². The third kappa shape index (κ3) is 2.70. The lowest BCUT2D eigenvalue weighted by Crippen LogP contribution is -2.14. The number of benzene rings is 1. The van der Waals surface area contributed by atoms with E-state index in [1.54, 1.807) is 0 Å². The van der Waals surface area contributed by atoms with E-state index in [9.17, 15) is 0 Å². The highest BCUT2D eigenvalue weighted by atomic mass is 15.1. The van der Waals surface area contributed by atoms with Crippen LogP contribution < -0.4 is 0 Å². The second kappa shape index (κ2) is 5.37. The van der Waals surface area contributed by atoms with Crippen molar-refractivity contribution in [3.63, 3.8) is 0 Å². The molecule has 1 heterocycles. The SMILES string of the molecule is CCc1cn(CCCN(C)C)c2ccccc12. The summed E-state index contributed by atoms with van der Waals surface area (Å²) in [5.41, 5.74) is 2.84. The van der Waals surface area contributed by atoms with Crippen LogP contribution in [0.15, 0.2) is 30.5 Å². The maximum atomic E-state index is 2.40. The monoisotopic (exact) mass is 230 g/mol. The maximum Gasteiger partial charge on any atom is 0.0483 e. The molecule has 92 valence electrons. The summed E-state index contributed by atoms with van der Waals surface area (Å²) in [5, 5.41) is 1.42. The summed E-state index contributed by atoms with van der Waals surface area (Å²) in [4.78, 5) is 2.24. The van der Waals surface area contributed by atoms with Gasteiger partial charge in [0.25, 0.3) is 0 Å². The smallest absolute Gasteiger partial charge is 0.0483 e. The Morgan fingerprint density at radius 2 is 1.94 bits per heavy atom. The summed E-state index contributed by atoms with van der Waals surface area (Å²) < 4.78 is 2.40. The van der Waals surface area contributed by atoms with E-state index in [0.717, 1.165) is 19.5 Å². The lowest BCUT2D eigenvalue weighted by molar-refractivity contribution is 0.388. The van der Waals surface area contributed by atoms with Crippen LogP contribution in [0, 0.1) is 0 Å². The Labute approximate surface area is 104 Å². The Hall–Kier alpha value is -1.28. The first-order valence-electron chi connectivity index (χ1n) is 6.44. The highest BCUT2D eigenvalue weighted by molar-refractivity contribution is 5.83. The van der Waals surface area contributed by atoms with Crippen LogP contribution in [0.2, 0.25) is 0 Å². The molecule has 1 aromatic heterocycles. The molecule has 0 N–H and O–H groups in total. The lowest BCUT2D eigenvalue weighted by Gasteiger charge is -2.10. The third-order valence-corrected chi connectivity index (χ3v) is 3.26. The van der Waals surface area contributed by atoms with Crippen LogP contribution in [0.5, 0.6) is 0 Å². The van der Waals surface area contributed by atoms with Gasteiger partial charge in [-0.15, -0.1) is 0 Å². The molecule has 0 bridgehead atoms. The first-order chi connectivity index (χ1) is 8.22. The van der Waals surface area contributed by atoms with E-state index in [-0.39, 0.29) is 0 Å². The number of hydrogen-bond donors (Lipinski definition) is 0. The Morgan fingerprint density at radius 1 is 1.18 bits per heavy atom. The molecule has 0 unspecified atom stereocenters. The van der Waals surface area contributed by atoms with Gasteiger partial charge in [0.1, 0.15) is 0 Å². The zero-order chi connectivity index (χ0) is 12.3. The lowest BCUT2D eigenvalue weighted by atomic mass is 10.1. The second-order valence-corrected chi connectivity index (χ2v) is 4.88. The van der Waals surface area contributed by atoms with Gasteiger partial charge >= 0.3 is 0 Å². The molecule has 0 atom stereocenters. The van der Waals surface area contributed by atoms with E-state index >= 15 is 0 Å². The number of aromatic nitrogens is 1. The van der Waals surface area contributed by atoms with Crippen molar-refractivity contribution in [1.82, 2.24) is 9.47 Å². The fraction of sp³-hybridized carbons (Fsp3) is 0.467. The number of fused-ring (bicyclic) bond motifs is 1. The number of para-hydroxylation sites is 1. The van der Waals surface area contributed by atoms with Gasteiger partial charge in [-0.1, -0.05) is 25.1 Å². The standard InChI is InChI=1S/C15H22N2/c1-4-13-12-17(11-7-10-16(2)3)15-9-6-5-8-14(13)15/h5-6,8-9,12H,4,7,10-11H2,1-3H3. The third-order valence-electron chi connectivity index (χ3n) is 3.26. The van der Waals surface area contributed by atoms with Crippen LogP contribution in [0.25, 0.3) is 10.9 Å². The average Bonchev–Trinajstić information content (AvgIpc) is 2.68. The topological polar surface area (TPSA) is 8.17 Å². The summed E-state index contributed by atoms with van der Waals surface area (Å²) in [7, 11) is 4.26. The van der Waals surface area contributed by atoms with Gasteiger partial charge in [-0.2, -0.15) is 0 Å². The van der Waals surface area contributed by atoms with Gasteiger partial charge in [-0.3, -0.25) is 0 Å². The van der Waals surface area contributed by atoms with Gasteiger partial charge in [0.15, 0.2) is 0 Å². The molecule has 0 aliphatic rings. The molecule has 0 amide bonds. The predicted octanol–water partition coefficient (Wildman–Crippen LogP) is 3.16. The fourth-order valence-corrected chi connectivity index (χ4v) is 2.35. The van der Waals surface area contributed by atoms with Gasteiger partial charge in [-0.25, -0.2) is 0 Å². The van der Waals surface area contributed by atoms with Crippen molar-refractivity contribution < 1.29 is 0 Å². The van der Waals surface area contributed by atoms with Crippen molar-refractivity contribution in [3.8, 4) is 0 Å². The van der Waals surface area contributed by atoms with E-state index in [2.05, 4.69) is 60.9 Å². The Morgan fingerprint density at radius 3 is 2.65 bits per heavy atom. The first-order valence-corrected chi connectivity index (χ1v) is 6.44. The molecule has 0 spiro atoms. The molecule has 2 heteroatoms. The Kier molecular flexibility index (Phi) is 3.85. The zero-order valence-corrected chi connectivity index (χ0v) is 11.1. The largest absolute Gasteiger partial charge is 0.347 e. The quantitative estimate of drug-likeness (QED) is 0.766. The molecule has 2 rings (SSSR count). The number of nitrogens with zero attached hydrogens (tertiary/aromatic N) is 2. The van der Waals surface area contributed by atoms with Crippen molar-refractivity contribution >= 4 is 10.9 Å². The summed E-state index contributed by atoms with van der Waals surface area (Å²) in [5.74, 6) is 0. The Balaban J connectivity index is 2.22. The molecule has 0 aliphatic heterocycles. The van der Waals surface area contributed by atoms with E-state index < -0.39 is 0 Å². The van der Waals surface area contributed by atoms with Crippen LogP contribution in [-0.4, -0.2) is 30.1 Å². The predicted molar refractivity (Wildman–Crippen MR) is 74.5 cm³/mol. The molecule has 2 nitrogen and oxygen atoms in total. The van der Waals surface area contributed by atoms with Gasteiger partial charge in [0.05, 0.1) is 0 Å². The van der Waals surface area contributed by atoms with Gasteiger partial charge < -0.3 is 9.47 Å². The van der Waals surface area contributed by atoms with Crippen molar-refractivity contribution in [2.45, 2.75) is 26.3 Å². The van der Waals surface area contributed by atoms with Gasteiger partial charge in [0.2, 0.25) is 0 Å². The average molecular weight is 230 g/mol. The summed E-state index contributed by atoms with van der Waals surface area (Å²) in [6, 6.07) is 8.72. The van der Waals surface area contributed by atoms with Crippen molar-refractivity contribution in [2.75, 3.05) is 20.6 Å². The van der Waals surface area contributed by atoms with Crippen LogP contribution in [-0.2, 0) is 13.0 Å². The molecular weight excluding hydrogens is 208 g/mol. The molecule has 2 aromatic rings. The zero-order valence-electron chi connectivity index (χ0n) is 11.1. The minimum Gasteiger partial charge on any atom is -0.347 e. The molecule has 1 aromatic carbocycles. The van der Waals surface area contributed by atoms with Gasteiger partial charge in [0, 0.05) is 23.6 Å². The number of rotatable bonds is 5. The molecule has 17 heavy (non-hydrogen) atoms. The molecular formula is C15H22N2. The first kappa shape index (κ1) is 12.2. The van der Waals surface area contributed by atoms with Crippen LogP contribution in [0.1, 0.15) is 18.9 Å². The molecule has 0 aliphatic carbocycles. The summed E-state index contributed by atoms with van der Waals surface area (Å²) >= 11 is 0. The second-order valence-electron chi connectivity index (χ2n) is 4.88. The van der Waals surface area contributed by atoms with Crippen LogP contribution in [0.3, 0.4) is 0 Å². The number of hydrogen-bond acceptors (Lipinski definition) is 1. The summed E-state index contributed by atoms with van der Waals surface area (Å²) in [6.07, 6.45) is 4.64. The minimum atomic E-state index is 1.11. The van der Waals surface area contributed by atoms with E-state index in [1.807, 2.05) is 0 Å². The van der Waals surface area contributed by atoms with Gasteiger partial charge in [-0.05, 0) is 45.1 Å². The molecule has 0 fully saturated rings. The normalized spacial score (nSPS) is 11.5. The fourth-order valence-electron chi connectivity index (χ4n) is 2.35. The highest BCUT2D eigenvalue weighted by Crippen LogP contribution is 2.21. The highest BCUT2D eigenvalue weighted by Gasteiger charge is 2.05.